The Morgan fingerprint density at radius 1 is 1.29 bits per heavy atom. The smallest absolute Gasteiger partial charge is 0.399 e. The monoisotopic (exact) mass is 453 g/mol. The van der Waals surface area contributed by atoms with Gasteiger partial charge in [-0.3, -0.25) is 4.79 Å². The highest BCUT2D eigenvalue weighted by Gasteiger charge is 2.34. The first-order valence-electron chi connectivity index (χ1n) is 10.2. The van der Waals surface area contributed by atoms with E-state index in [-0.39, 0.29) is 22.8 Å². The summed E-state index contributed by atoms with van der Waals surface area (Å²) in [5.41, 5.74) is 6.78. The number of nitrogens with zero attached hydrogens (tertiary/aromatic N) is 3. The maximum absolute atomic E-state index is 13.2. The van der Waals surface area contributed by atoms with Crippen molar-refractivity contribution in [2.75, 3.05) is 17.6 Å². The van der Waals surface area contributed by atoms with E-state index in [0.717, 1.165) is 42.7 Å². The molecule has 1 amide bonds. The molecule has 1 aliphatic carbocycles. The number of aromatic nitrogens is 2. The number of benzene rings is 1. The molecule has 0 spiro atoms. The molecule has 0 unspecified atom stereocenters. The van der Waals surface area contributed by atoms with E-state index in [0.29, 0.717) is 30.9 Å². The number of halogens is 4. The van der Waals surface area contributed by atoms with E-state index >= 15 is 0 Å². The fourth-order valence-electron chi connectivity index (χ4n) is 3.98. The van der Waals surface area contributed by atoms with Crippen LogP contribution in [-0.2, 0) is 23.9 Å². The average Bonchev–Trinajstić information content (AvgIpc) is 2.65. The average molecular weight is 454 g/mol. The lowest BCUT2D eigenvalue weighted by atomic mass is 9.84. The molecule has 2 heterocycles. The van der Waals surface area contributed by atoms with Gasteiger partial charge in [0.25, 0.3) is 0 Å². The van der Waals surface area contributed by atoms with Gasteiger partial charge in [-0.2, -0.15) is 13.2 Å². The van der Waals surface area contributed by atoms with Gasteiger partial charge in [-0.25, -0.2) is 9.97 Å². The van der Waals surface area contributed by atoms with Crippen LogP contribution in [0.1, 0.15) is 54.6 Å². The topological polar surface area (TPSA) is 84.1 Å². The number of fused-ring (bicyclic) bond motifs is 1. The molecule has 1 saturated carbocycles. The summed E-state index contributed by atoms with van der Waals surface area (Å²) in [6.07, 6.45) is -1.04. The zero-order chi connectivity index (χ0) is 22.3. The van der Waals surface area contributed by atoms with E-state index in [2.05, 4.69) is 15.3 Å². The minimum Gasteiger partial charge on any atom is -0.399 e. The van der Waals surface area contributed by atoms with Gasteiger partial charge in [0.2, 0.25) is 11.2 Å². The number of carbonyl (C=O) groups is 1. The van der Waals surface area contributed by atoms with Crippen molar-refractivity contribution >= 4 is 29.0 Å². The predicted octanol–water partition coefficient (Wildman–Crippen LogP) is 4.59. The SMILES string of the molecule is C[C@@H](Nc1nc(Cl)nc2c1CN(C(=O)C1CCC1)CC2)c1cc(N)cc(C(F)(F)F)c1. The van der Waals surface area contributed by atoms with Crippen LogP contribution in [0.3, 0.4) is 0 Å². The van der Waals surface area contributed by atoms with Crippen LogP contribution in [0.5, 0.6) is 0 Å². The third-order valence-corrected chi connectivity index (χ3v) is 6.13. The highest BCUT2D eigenvalue weighted by Crippen LogP contribution is 2.35. The molecule has 1 aliphatic heterocycles. The highest BCUT2D eigenvalue weighted by molar-refractivity contribution is 6.28. The number of nitrogens with one attached hydrogen (secondary N) is 1. The molecule has 4 rings (SSSR count). The Balaban J connectivity index is 1.60. The maximum Gasteiger partial charge on any atom is 0.416 e. The van der Waals surface area contributed by atoms with Crippen LogP contribution in [0.2, 0.25) is 5.28 Å². The normalized spacial score (nSPS) is 17.6. The number of hydrogen-bond donors (Lipinski definition) is 2. The fourth-order valence-corrected chi connectivity index (χ4v) is 4.17. The Labute approximate surface area is 183 Å². The predicted molar refractivity (Wildman–Crippen MR) is 111 cm³/mol. The van der Waals surface area contributed by atoms with Crippen molar-refractivity contribution in [2.45, 2.75) is 51.4 Å². The van der Waals surface area contributed by atoms with Gasteiger partial charge in [-0.15, -0.1) is 0 Å². The van der Waals surface area contributed by atoms with Crippen molar-refractivity contribution < 1.29 is 18.0 Å². The molecule has 0 saturated heterocycles. The Hall–Kier alpha value is -2.55. The first-order valence-corrected chi connectivity index (χ1v) is 10.6. The lowest BCUT2D eigenvalue weighted by Gasteiger charge is -2.35. The lowest BCUT2D eigenvalue weighted by molar-refractivity contribution is -0.139. The van der Waals surface area contributed by atoms with Gasteiger partial charge in [0.05, 0.1) is 23.8 Å². The third kappa shape index (κ3) is 4.56. The van der Waals surface area contributed by atoms with E-state index in [1.54, 1.807) is 6.92 Å². The Kier molecular flexibility index (Phi) is 5.72. The second-order valence-electron chi connectivity index (χ2n) is 8.16. The molecule has 0 bridgehead atoms. The summed E-state index contributed by atoms with van der Waals surface area (Å²) in [6.45, 7) is 2.63. The van der Waals surface area contributed by atoms with Crippen LogP contribution >= 0.6 is 11.6 Å². The van der Waals surface area contributed by atoms with Crippen LogP contribution < -0.4 is 11.1 Å². The van der Waals surface area contributed by atoms with Gasteiger partial charge in [0.15, 0.2) is 0 Å². The van der Waals surface area contributed by atoms with E-state index in [9.17, 15) is 18.0 Å². The van der Waals surface area contributed by atoms with Gasteiger partial charge < -0.3 is 16.0 Å². The van der Waals surface area contributed by atoms with E-state index in [1.807, 2.05) is 4.90 Å². The molecular formula is C21H23ClF3N5O. The van der Waals surface area contributed by atoms with E-state index < -0.39 is 17.8 Å². The lowest BCUT2D eigenvalue weighted by Crippen LogP contribution is -2.42. The number of carbonyl (C=O) groups excluding carboxylic acids is 1. The number of rotatable bonds is 4. The van der Waals surface area contributed by atoms with Crippen LogP contribution in [-0.4, -0.2) is 27.3 Å². The Morgan fingerprint density at radius 3 is 2.68 bits per heavy atom. The largest absolute Gasteiger partial charge is 0.416 e. The Morgan fingerprint density at radius 2 is 2.03 bits per heavy atom. The molecule has 1 aromatic heterocycles. The maximum atomic E-state index is 13.2. The van der Waals surface area contributed by atoms with Crippen molar-refractivity contribution in [3.8, 4) is 0 Å². The van der Waals surface area contributed by atoms with E-state index in [4.69, 9.17) is 17.3 Å². The zero-order valence-corrected chi connectivity index (χ0v) is 17.7. The quantitative estimate of drug-likeness (QED) is 0.522. The van der Waals surface area contributed by atoms with E-state index in [1.165, 1.54) is 6.07 Å². The first-order chi connectivity index (χ1) is 14.6. The summed E-state index contributed by atoms with van der Waals surface area (Å²) in [7, 11) is 0. The van der Waals surface area contributed by atoms with Gasteiger partial charge in [-0.1, -0.05) is 6.42 Å². The number of nitrogen functional groups attached to an aromatic ring is 1. The number of nitrogens with two attached hydrogens (primary N) is 1. The van der Waals surface area contributed by atoms with Crippen LogP contribution in [0, 0.1) is 5.92 Å². The molecule has 1 aromatic carbocycles. The Bertz CT molecular complexity index is 1010. The second-order valence-corrected chi connectivity index (χ2v) is 8.49. The van der Waals surface area contributed by atoms with Gasteiger partial charge in [0.1, 0.15) is 5.82 Å². The van der Waals surface area contributed by atoms with Gasteiger partial charge >= 0.3 is 6.18 Å². The molecule has 2 aliphatic rings. The van der Waals surface area contributed by atoms with Crippen molar-refractivity contribution in [3.63, 3.8) is 0 Å². The second kappa shape index (κ2) is 8.18. The molecule has 6 nitrogen and oxygen atoms in total. The fraction of sp³-hybridized carbons (Fsp3) is 0.476. The van der Waals surface area contributed by atoms with Crippen LogP contribution in [0.4, 0.5) is 24.7 Å². The number of alkyl halides is 3. The summed E-state index contributed by atoms with van der Waals surface area (Å²) in [6, 6.07) is 2.94. The minimum absolute atomic E-state index is 0.0264. The summed E-state index contributed by atoms with van der Waals surface area (Å²) in [5, 5.41) is 3.20. The zero-order valence-electron chi connectivity index (χ0n) is 17.0. The summed E-state index contributed by atoms with van der Waals surface area (Å²) in [4.78, 5) is 23.1. The van der Waals surface area contributed by atoms with Crippen LogP contribution in [0.25, 0.3) is 0 Å². The van der Waals surface area contributed by atoms with Crippen molar-refractivity contribution in [1.29, 1.82) is 0 Å². The van der Waals surface area contributed by atoms with Gasteiger partial charge in [0, 0.05) is 30.1 Å². The van der Waals surface area contributed by atoms with Crippen molar-refractivity contribution in [1.82, 2.24) is 14.9 Å². The molecular weight excluding hydrogens is 431 g/mol. The van der Waals surface area contributed by atoms with Gasteiger partial charge in [-0.05, 0) is 55.1 Å². The number of anilines is 2. The van der Waals surface area contributed by atoms with Crippen molar-refractivity contribution in [3.05, 3.63) is 45.9 Å². The summed E-state index contributed by atoms with van der Waals surface area (Å²) < 4.78 is 39.5. The third-order valence-electron chi connectivity index (χ3n) is 5.96. The summed E-state index contributed by atoms with van der Waals surface area (Å²) in [5.74, 6) is 0.638. The molecule has 3 N–H and O–H groups in total. The molecule has 31 heavy (non-hydrogen) atoms. The standard InChI is InChI=1S/C21H23ClF3N5O/c1-11(13-7-14(21(23,24)25)9-15(26)8-13)27-18-16-10-30(19(31)12-3-2-4-12)6-5-17(16)28-20(22)29-18/h7-9,11-12H,2-6,10,26H2,1H3,(H,27,28,29)/t11-/m1/s1. The highest BCUT2D eigenvalue weighted by atomic mass is 35.5. The summed E-state index contributed by atoms with van der Waals surface area (Å²) >= 11 is 6.09. The van der Waals surface area contributed by atoms with Crippen molar-refractivity contribution in [2.24, 2.45) is 5.92 Å². The first kappa shape index (κ1) is 21.7. The van der Waals surface area contributed by atoms with Crippen LogP contribution in [0.15, 0.2) is 18.2 Å². The molecule has 1 atom stereocenters. The number of amides is 1. The molecule has 0 radical (unpaired) electrons. The molecule has 1 fully saturated rings. The molecule has 10 heteroatoms. The minimum atomic E-state index is -4.50. The number of hydrogen-bond acceptors (Lipinski definition) is 5. The molecule has 2 aromatic rings. The molecule has 166 valence electrons.